The summed E-state index contributed by atoms with van der Waals surface area (Å²) in [6.45, 7) is 0. The van der Waals surface area contributed by atoms with E-state index in [0.29, 0.717) is 11.5 Å². The number of nitrogens with one attached hydrogen (secondary N) is 1. The van der Waals surface area contributed by atoms with Gasteiger partial charge in [-0.2, -0.15) is 10.6 Å². The molecule has 9 heavy (non-hydrogen) atoms. The predicted octanol–water partition coefficient (Wildman–Crippen LogP) is -0.0274. The quantitative estimate of drug-likeness (QED) is 0.314. The summed E-state index contributed by atoms with van der Waals surface area (Å²) in [5.41, 5.74) is 2.52. The molecule has 1 fully saturated rings. The highest BCUT2D eigenvalue weighted by Crippen LogP contribution is 2.45. The van der Waals surface area contributed by atoms with E-state index in [1.807, 2.05) is 0 Å². The van der Waals surface area contributed by atoms with Gasteiger partial charge in [-0.25, -0.2) is 0 Å². The van der Waals surface area contributed by atoms with Gasteiger partial charge in [-0.15, -0.1) is 0 Å². The summed E-state index contributed by atoms with van der Waals surface area (Å²) < 4.78 is 18.1. The van der Waals surface area contributed by atoms with E-state index in [-0.39, 0.29) is 6.04 Å². The van der Waals surface area contributed by atoms with Crippen LogP contribution in [0.15, 0.2) is 0 Å². The fourth-order valence-corrected chi connectivity index (χ4v) is 2.69. The van der Waals surface area contributed by atoms with Crippen LogP contribution < -0.4 is 11.3 Å². The van der Waals surface area contributed by atoms with Crippen molar-refractivity contribution in [3.8, 4) is 0 Å². The van der Waals surface area contributed by atoms with Crippen LogP contribution in [0, 0.1) is 0 Å². The number of hydrogen-bond donors (Lipinski definition) is 4. The van der Waals surface area contributed by atoms with Crippen molar-refractivity contribution in [2.24, 2.45) is 5.84 Å². The summed E-state index contributed by atoms with van der Waals surface area (Å²) in [6, 6.07) is 0.106. The summed E-state index contributed by atoms with van der Waals surface area (Å²) in [7, 11) is -2.25. The first-order valence-corrected chi connectivity index (χ1v) is 4.72. The molecule has 1 aliphatic rings. The monoisotopic (exact) mass is 152 g/mol. The summed E-state index contributed by atoms with van der Waals surface area (Å²) in [6.07, 6.45) is 0.777. The Morgan fingerprint density at radius 3 is 2.44 bits per heavy atom. The van der Waals surface area contributed by atoms with Crippen molar-refractivity contribution < 1.29 is 9.11 Å². The Bertz CT molecular complexity index is 109. The number of hydrazine groups is 1. The molecule has 1 heterocycles. The van der Waals surface area contributed by atoms with E-state index in [0.717, 1.165) is 6.42 Å². The first-order valence-electron chi connectivity index (χ1n) is 2.84. The standard InChI is InChI=1S/C4H12N2O2S/c5-6-4-1-2-9(7,8)3-4/h4,6-8H,1-3,5H2/t4-/m1/s1. The number of rotatable bonds is 1. The van der Waals surface area contributed by atoms with Gasteiger partial charge in [-0.1, -0.05) is 0 Å². The lowest BCUT2D eigenvalue weighted by Gasteiger charge is -2.25. The van der Waals surface area contributed by atoms with Gasteiger partial charge >= 0.3 is 0 Å². The molecule has 1 saturated heterocycles. The highest BCUT2D eigenvalue weighted by atomic mass is 32.3. The van der Waals surface area contributed by atoms with Crippen molar-refractivity contribution in [3.05, 3.63) is 0 Å². The maximum absolute atomic E-state index is 9.04. The van der Waals surface area contributed by atoms with Crippen LogP contribution >= 0.6 is 10.6 Å². The van der Waals surface area contributed by atoms with Crippen molar-refractivity contribution in [1.82, 2.24) is 5.43 Å². The molecule has 56 valence electrons. The van der Waals surface area contributed by atoms with Crippen LogP contribution in [0.2, 0.25) is 0 Å². The Balaban J connectivity index is 2.38. The van der Waals surface area contributed by atoms with Gasteiger partial charge in [0.15, 0.2) is 0 Å². The third kappa shape index (κ3) is 1.80. The van der Waals surface area contributed by atoms with Gasteiger partial charge in [0.2, 0.25) is 0 Å². The second-order valence-corrected chi connectivity index (χ2v) is 4.67. The fourth-order valence-electron chi connectivity index (χ4n) is 0.951. The third-order valence-electron chi connectivity index (χ3n) is 1.50. The van der Waals surface area contributed by atoms with E-state index in [2.05, 4.69) is 5.43 Å². The number of hydrogen-bond acceptors (Lipinski definition) is 4. The lowest BCUT2D eigenvalue weighted by molar-refractivity contribution is 0.492. The molecule has 5 heteroatoms. The maximum atomic E-state index is 9.04. The summed E-state index contributed by atoms with van der Waals surface area (Å²) in [5, 5.41) is 0. The molecule has 0 aromatic rings. The minimum atomic E-state index is -2.25. The molecule has 0 saturated carbocycles. The van der Waals surface area contributed by atoms with Crippen LogP contribution in [-0.4, -0.2) is 26.7 Å². The van der Waals surface area contributed by atoms with Gasteiger partial charge in [0.25, 0.3) is 0 Å². The van der Waals surface area contributed by atoms with Crippen LogP contribution in [-0.2, 0) is 0 Å². The predicted molar refractivity (Wildman–Crippen MR) is 38.3 cm³/mol. The molecule has 4 nitrogen and oxygen atoms in total. The molecule has 0 spiro atoms. The van der Waals surface area contributed by atoms with Gasteiger partial charge in [-0.05, 0) is 6.42 Å². The first-order chi connectivity index (χ1) is 4.14. The molecule has 0 aliphatic carbocycles. The molecule has 0 aromatic carbocycles. The molecule has 0 radical (unpaired) electrons. The third-order valence-corrected chi connectivity index (χ3v) is 3.32. The minimum Gasteiger partial charge on any atom is -0.299 e. The average molecular weight is 152 g/mol. The zero-order valence-electron chi connectivity index (χ0n) is 5.08. The second-order valence-electron chi connectivity index (χ2n) is 2.33. The van der Waals surface area contributed by atoms with Crippen molar-refractivity contribution in [2.75, 3.05) is 11.5 Å². The largest absolute Gasteiger partial charge is 0.299 e. The topological polar surface area (TPSA) is 78.5 Å². The van der Waals surface area contributed by atoms with E-state index >= 15 is 0 Å². The van der Waals surface area contributed by atoms with Crippen LogP contribution in [0.25, 0.3) is 0 Å². The van der Waals surface area contributed by atoms with Gasteiger partial charge < -0.3 is 0 Å². The summed E-state index contributed by atoms with van der Waals surface area (Å²) in [5.74, 6) is 6.02. The molecule has 1 atom stereocenters. The molecule has 0 unspecified atom stereocenters. The van der Waals surface area contributed by atoms with E-state index in [9.17, 15) is 0 Å². The van der Waals surface area contributed by atoms with E-state index in [1.165, 1.54) is 0 Å². The fraction of sp³-hybridized carbons (Fsp3) is 1.00. The van der Waals surface area contributed by atoms with Crippen LogP contribution in [0.3, 0.4) is 0 Å². The Hall–Kier alpha value is 0.190. The van der Waals surface area contributed by atoms with Gasteiger partial charge in [0.05, 0.1) is 5.75 Å². The van der Waals surface area contributed by atoms with Crippen LogP contribution in [0.5, 0.6) is 0 Å². The van der Waals surface area contributed by atoms with Crippen molar-refractivity contribution in [3.63, 3.8) is 0 Å². The summed E-state index contributed by atoms with van der Waals surface area (Å²) >= 11 is 0. The highest BCUT2D eigenvalue weighted by Gasteiger charge is 2.26. The molecule has 0 aromatic heterocycles. The molecular weight excluding hydrogens is 140 g/mol. The molecule has 1 aliphatic heterocycles. The SMILES string of the molecule is NN[C@@H]1CCS(O)(O)C1. The second kappa shape index (κ2) is 2.43. The maximum Gasteiger partial charge on any atom is 0.0542 e. The minimum absolute atomic E-state index is 0.106. The normalized spacial score (nSPS) is 36.6. The molecule has 5 N–H and O–H groups in total. The van der Waals surface area contributed by atoms with Crippen molar-refractivity contribution in [1.29, 1.82) is 0 Å². The van der Waals surface area contributed by atoms with Crippen molar-refractivity contribution in [2.45, 2.75) is 12.5 Å². The molecule has 0 amide bonds. The first kappa shape index (κ1) is 7.30. The lowest BCUT2D eigenvalue weighted by Crippen LogP contribution is -2.35. The highest BCUT2D eigenvalue weighted by molar-refractivity contribution is 8.24. The van der Waals surface area contributed by atoms with E-state index in [4.69, 9.17) is 14.9 Å². The Labute approximate surface area is 55.8 Å². The average Bonchev–Trinajstić information content (AvgIpc) is 2.10. The van der Waals surface area contributed by atoms with E-state index in [1.54, 1.807) is 0 Å². The zero-order chi connectivity index (χ0) is 6.91. The van der Waals surface area contributed by atoms with Gasteiger partial charge in [0.1, 0.15) is 0 Å². The molecular formula is C4H12N2O2S. The van der Waals surface area contributed by atoms with E-state index < -0.39 is 10.6 Å². The summed E-state index contributed by atoms with van der Waals surface area (Å²) in [4.78, 5) is 0. The lowest BCUT2D eigenvalue weighted by atomic mass is 10.3. The Morgan fingerprint density at radius 1 is 1.56 bits per heavy atom. The molecule has 1 rings (SSSR count). The molecule has 0 bridgehead atoms. The smallest absolute Gasteiger partial charge is 0.0542 e. The number of nitrogens with two attached hydrogens (primary N) is 1. The Kier molecular flexibility index (Phi) is 1.97. The zero-order valence-corrected chi connectivity index (χ0v) is 5.90. The van der Waals surface area contributed by atoms with Crippen LogP contribution in [0.1, 0.15) is 6.42 Å². The van der Waals surface area contributed by atoms with Crippen LogP contribution in [0.4, 0.5) is 0 Å². The van der Waals surface area contributed by atoms with Gasteiger partial charge in [-0.3, -0.25) is 20.4 Å². The van der Waals surface area contributed by atoms with Gasteiger partial charge in [0, 0.05) is 11.8 Å². The van der Waals surface area contributed by atoms with Crippen molar-refractivity contribution >= 4 is 10.6 Å². The Morgan fingerprint density at radius 2 is 2.22 bits per heavy atom.